The Morgan fingerprint density at radius 1 is 1.05 bits per heavy atom. The zero-order chi connectivity index (χ0) is 15.9. The van der Waals surface area contributed by atoms with Crippen LogP contribution in [0.1, 0.15) is 30.4 Å². The van der Waals surface area contributed by atoms with Crippen LogP contribution in [0.15, 0.2) is 24.3 Å². The molecule has 1 rings (SSSR count). The molecule has 0 spiro atoms. The minimum atomic E-state index is -4.26. The van der Waals surface area contributed by atoms with Gasteiger partial charge in [-0.3, -0.25) is 0 Å². The molecule has 0 aliphatic heterocycles. The van der Waals surface area contributed by atoms with E-state index in [9.17, 15) is 13.2 Å². The lowest BCUT2D eigenvalue weighted by molar-refractivity contribution is -0.137. The maximum Gasteiger partial charge on any atom is 0.416 e. The smallest absolute Gasteiger partial charge is 0.398 e. The number of unbranched alkanes of at least 4 members (excludes halogenated alkanes) is 2. The first-order chi connectivity index (χ1) is 9.80. The largest absolute Gasteiger partial charge is 0.416 e. The quantitative estimate of drug-likeness (QED) is 0.507. The van der Waals surface area contributed by atoms with Gasteiger partial charge in [0, 0.05) is 14.2 Å². The molecule has 0 bridgehead atoms. The number of hydrogen-bond donors (Lipinski definition) is 0. The van der Waals surface area contributed by atoms with E-state index in [4.69, 9.17) is 8.85 Å². The summed E-state index contributed by atoms with van der Waals surface area (Å²) in [6.45, 7) is 2.01. The number of alkyl halides is 3. The molecule has 6 heteroatoms. The lowest BCUT2D eigenvalue weighted by Crippen LogP contribution is -2.35. The van der Waals surface area contributed by atoms with E-state index < -0.39 is 20.3 Å². The molecule has 1 aromatic carbocycles. The molecule has 0 heterocycles. The highest BCUT2D eigenvalue weighted by Crippen LogP contribution is 2.29. The Hall–Kier alpha value is -0.853. The van der Waals surface area contributed by atoms with Gasteiger partial charge >= 0.3 is 14.7 Å². The zero-order valence-electron chi connectivity index (χ0n) is 12.8. The molecule has 0 aromatic heterocycles. The highest BCUT2D eigenvalue weighted by molar-refractivity contribution is 6.65. The second-order valence-corrected chi connectivity index (χ2v) is 8.88. The summed E-state index contributed by atoms with van der Waals surface area (Å²) < 4.78 is 48.6. The molecule has 0 saturated carbocycles. The zero-order valence-corrected chi connectivity index (χ0v) is 13.8. The van der Waals surface area contributed by atoms with E-state index in [0.717, 1.165) is 36.9 Å². The topological polar surface area (TPSA) is 18.5 Å². The summed E-state index contributed by atoms with van der Waals surface area (Å²) in [7, 11) is 1.32. The number of benzene rings is 1. The van der Waals surface area contributed by atoms with Crippen LogP contribution in [0.2, 0.25) is 12.6 Å². The Bertz CT molecular complexity index is 431. The molecule has 0 aliphatic carbocycles. The summed E-state index contributed by atoms with van der Waals surface area (Å²) in [4.78, 5) is 0. The minimum absolute atomic E-state index is 0.571. The molecule has 0 fully saturated rings. The Morgan fingerprint density at radius 2 is 1.71 bits per heavy atom. The predicted molar refractivity (Wildman–Crippen MR) is 79.4 cm³/mol. The second-order valence-electron chi connectivity index (χ2n) is 5.30. The van der Waals surface area contributed by atoms with Gasteiger partial charge in [-0.1, -0.05) is 31.0 Å². The van der Waals surface area contributed by atoms with Gasteiger partial charge in [-0.15, -0.1) is 0 Å². The molecule has 1 aromatic rings. The van der Waals surface area contributed by atoms with Gasteiger partial charge in [0.05, 0.1) is 5.56 Å². The van der Waals surface area contributed by atoms with Crippen LogP contribution in [0.25, 0.3) is 0 Å². The van der Waals surface area contributed by atoms with E-state index in [0.29, 0.717) is 6.42 Å². The van der Waals surface area contributed by atoms with E-state index in [1.807, 2.05) is 6.55 Å². The molecule has 0 saturated heterocycles. The van der Waals surface area contributed by atoms with E-state index in [1.165, 1.54) is 12.1 Å². The first-order valence-corrected chi connectivity index (χ1v) is 9.59. The summed E-state index contributed by atoms with van der Waals surface area (Å²) in [6, 6.07) is 6.47. The second kappa shape index (κ2) is 7.96. The summed E-state index contributed by atoms with van der Waals surface area (Å²) in [5, 5.41) is 0. The normalized spacial score (nSPS) is 12.7. The molecule has 0 aliphatic rings. The van der Waals surface area contributed by atoms with Crippen LogP contribution in [-0.4, -0.2) is 22.8 Å². The fourth-order valence-corrected chi connectivity index (χ4v) is 3.61. The summed E-state index contributed by atoms with van der Waals surface area (Å²) in [5.74, 6) is 0. The van der Waals surface area contributed by atoms with Crippen LogP contribution in [0, 0.1) is 0 Å². The lowest BCUT2D eigenvalue weighted by atomic mass is 10.0. The van der Waals surface area contributed by atoms with Crippen LogP contribution < -0.4 is 0 Å². The van der Waals surface area contributed by atoms with Crippen LogP contribution >= 0.6 is 0 Å². The average Bonchev–Trinajstić information content (AvgIpc) is 2.46. The monoisotopic (exact) mass is 320 g/mol. The Kier molecular flexibility index (Phi) is 6.90. The van der Waals surface area contributed by atoms with Crippen LogP contribution in [0.4, 0.5) is 13.2 Å². The van der Waals surface area contributed by atoms with Crippen molar-refractivity contribution >= 4 is 8.56 Å². The molecular weight excluding hydrogens is 297 g/mol. The van der Waals surface area contributed by atoms with Gasteiger partial charge in [-0.05, 0) is 37.1 Å². The number of rotatable bonds is 8. The van der Waals surface area contributed by atoms with Crippen molar-refractivity contribution in [1.29, 1.82) is 0 Å². The van der Waals surface area contributed by atoms with Gasteiger partial charge in [0.1, 0.15) is 0 Å². The molecule has 0 N–H and O–H groups in total. The van der Waals surface area contributed by atoms with Crippen molar-refractivity contribution in [3.8, 4) is 0 Å². The van der Waals surface area contributed by atoms with E-state index in [2.05, 4.69) is 0 Å². The van der Waals surface area contributed by atoms with E-state index >= 15 is 0 Å². The highest BCUT2D eigenvalue weighted by atomic mass is 28.4. The number of hydrogen-bond acceptors (Lipinski definition) is 2. The van der Waals surface area contributed by atoms with Crippen molar-refractivity contribution in [3.63, 3.8) is 0 Å². The third kappa shape index (κ3) is 6.19. The summed E-state index contributed by atoms with van der Waals surface area (Å²) in [5.41, 5.74) is 0.169. The molecule has 2 nitrogen and oxygen atoms in total. The van der Waals surface area contributed by atoms with Gasteiger partial charge in [0.2, 0.25) is 0 Å². The van der Waals surface area contributed by atoms with Crippen molar-refractivity contribution < 1.29 is 22.0 Å². The van der Waals surface area contributed by atoms with Gasteiger partial charge in [0.15, 0.2) is 0 Å². The average molecular weight is 320 g/mol. The van der Waals surface area contributed by atoms with Gasteiger partial charge in [0.25, 0.3) is 0 Å². The molecular formula is C15H23F3O2Si. The van der Waals surface area contributed by atoms with Crippen LogP contribution in [0.3, 0.4) is 0 Å². The minimum Gasteiger partial charge on any atom is -0.398 e. The van der Waals surface area contributed by atoms with Gasteiger partial charge in [-0.25, -0.2) is 0 Å². The fraction of sp³-hybridized carbons (Fsp3) is 0.600. The summed E-state index contributed by atoms with van der Waals surface area (Å²) >= 11 is 0. The van der Waals surface area contributed by atoms with Crippen molar-refractivity contribution in [3.05, 3.63) is 35.4 Å². The highest BCUT2D eigenvalue weighted by Gasteiger charge is 2.30. The van der Waals surface area contributed by atoms with E-state index in [-0.39, 0.29) is 0 Å². The fourth-order valence-electron chi connectivity index (χ4n) is 2.14. The first kappa shape index (κ1) is 18.2. The van der Waals surface area contributed by atoms with Gasteiger partial charge < -0.3 is 8.85 Å². The third-order valence-electron chi connectivity index (χ3n) is 3.71. The SMILES string of the molecule is CO[Si](C)(CCCCCc1cccc(C(F)(F)F)c1)OC. The van der Waals surface area contributed by atoms with Crippen LogP contribution in [-0.2, 0) is 21.4 Å². The molecule has 120 valence electrons. The maximum absolute atomic E-state index is 12.6. The standard InChI is InChI=1S/C15H23F3O2Si/c1-19-21(3,20-2)11-6-4-5-8-13-9-7-10-14(12-13)15(16,17)18/h7,9-10,12H,4-6,8,11H2,1-3H3. The predicted octanol–water partition coefficient (Wildman–Crippen LogP) is 4.78. The lowest BCUT2D eigenvalue weighted by Gasteiger charge is -2.22. The van der Waals surface area contributed by atoms with Crippen LogP contribution in [0.5, 0.6) is 0 Å². The molecule has 0 amide bonds. The van der Waals surface area contributed by atoms with Crippen molar-refractivity contribution in [1.82, 2.24) is 0 Å². The molecule has 0 unspecified atom stereocenters. The molecule has 0 radical (unpaired) electrons. The van der Waals surface area contributed by atoms with Crippen molar-refractivity contribution in [2.45, 2.75) is 44.5 Å². The van der Waals surface area contributed by atoms with Crippen molar-refractivity contribution in [2.75, 3.05) is 14.2 Å². The van der Waals surface area contributed by atoms with Crippen molar-refractivity contribution in [2.24, 2.45) is 0 Å². The third-order valence-corrected chi connectivity index (χ3v) is 6.70. The van der Waals surface area contributed by atoms with Gasteiger partial charge in [-0.2, -0.15) is 13.2 Å². The molecule has 0 atom stereocenters. The number of halogens is 3. The Morgan fingerprint density at radius 3 is 2.29 bits per heavy atom. The first-order valence-electron chi connectivity index (χ1n) is 7.07. The Balaban J connectivity index is 2.37. The maximum atomic E-state index is 12.6. The molecule has 21 heavy (non-hydrogen) atoms. The van der Waals surface area contributed by atoms with E-state index in [1.54, 1.807) is 20.3 Å². The summed E-state index contributed by atoms with van der Waals surface area (Å²) in [6.07, 6.45) is -0.781. The number of aryl methyl sites for hydroxylation is 1. The Labute approximate surface area is 125 Å².